The van der Waals surface area contributed by atoms with E-state index in [1.165, 1.54) is 0 Å². The summed E-state index contributed by atoms with van der Waals surface area (Å²) >= 11 is 6.38. The first-order valence-corrected chi connectivity index (χ1v) is 8.77. The van der Waals surface area contributed by atoms with Crippen molar-refractivity contribution in [2.75, 3.05) is 6.54 Å². The van der Waals surface area contributed by atoms with Gasteiger partial charge >= 0.3 is 0 Å². The maximum Gasteiger partial charge on any atom is 0.278 e. The molecule has 3 aromatic rings. The number of hydrogen-bond acceptors (Lipinski definition) is 6. The van der Waals surface area contributed by atoms with Crippen molar-refractivity contribution in [3.8, 4) is 17.3 Å². The van der Waals surface area contributed by atoms with Crippen LogP contribution in [0.25, 0.3) is 17.3 Å². The third kappa shape index (κ3) is 2.06. The molecule has 1 amide bonds. The van der Waals surface area contributed by atoms with E-state index in [4.69, 9.17) is 21.9 Å². The highest BCUT2D eigenvalue weighted by molar-refractivity contribution is 6.34. The molecule has 0 saturated carbocycles. The second-order valence-electron chi connectivity index (χ2n) is 6.36. The summed E-state index contributed by atoms with van der Waals surface area (Å²) in [5.74, 6) is 0.665. The second kappa shape index (κ2) is 5.65. The SMILES string of the molecule is NCc1noc(-c2ncn3c2[C@@H]2CCCN2C(=O)c2c(Cl)cccc2-3)n1. The van der Waals surface area contributed by atoms with Crippen molar-refractivity contribution < 1.29 is 9.32 Å². The molecule has 1 fully saturated rings. The molecule has 0 aliphatic carbocycles. The number of halogens is 1. The summed E-state index contributed by atoms with van der Waals surface area (Å²) in [7, 11) is 0. The highest BCUT2D eigenvalue weighted by Gasteiger charge is 2.40. The molecule has 0 unspecified atom stereocenters. The number of nitrogens with zero attached hydrogens (tertiary/aromatic N) is 5. The second-order valence-corrected chi connectivity index (χ2v) is 6.77. The molecule has 132 valence electrons. The van der Waals surface area contributed by atoms with E-state index in [1.807, 2.05) is 21.6 Å². The number of imidazole rings is 1. The molecule has 2 aliphatic heterocycles. The number of rotatable bonds is 2. The summed E-state index contributed by atoms with van der Waals surface area (Å²) in [5.41, 5.74) is 8.24. The first-order valence-electron chi connectivity index (χ1n) is 8.39. The Balaban J connectivity index is 1.78. The average molecular weight is 371 g/mol. The van der Waals surface area contributed by atoms with Gasteiger partial charge in [0, 0.05) is 6.54 Å². The average Bonchev–Trinajstić information content (AvgIpc) is 3.37. The minimum atomic E-state index is -0.114. The van der Waals surface area contributed by atoms with E-state index in [2.05, 4.69) is 15.1 Å². The van der Waals surface area contributed by atoms with Crippen LogP contribution in [-0.2, 0) is 6.54 Å². The van der Waals surface area contributed by atoms with Crippen LogP contribution < -0.4 is 5.73 Å². The van der Waals surface area contributed by atoms with Crippen LogP contribution in [0.5, 0.6) is 0 Å². The topological polar surface area (TPSA) is 103 Å². The van der Waals surface area contributed by atoms with Crippen LogP contribution in [0.3, 0.4) is 0 Å². The lowest BCUT2D eigenvalue weighted by Gasteiger charge is -2.22. The summed E-state index contributed by atoms with van der Waals surface area (Å²) in [6.45, 7) is 0.864. The van der Waals surface area contributed by atoms with Gasteiger partial charge in [-0.3, -0.25) is 9.36 Å². The fraction of sp³-hybridized carbons (Fsp3) is 0.294. The zero-order chi connectivity index (χ0) is 17.8. The molecule has 8 nitrogen and oxygen atoms in total. The fourth-order valence-electron chi connectivity index (χ4n) is 3.83. The number of aromatic nitrogens is 4. The maximum absolute atomic E-state index is 13.1. The zero-order valence-corrected chi connectivity index (χ0v) is 14.5. The van der Waals surface area contributed by atoms with Crippen LogP contribution in [0.4, 0.5) is 0 Å². The summed E-state index contributed by atoms with van der Waals surface area (Å²) in [4.78, 5) is 23.8. The molecule has 0 radical (unpaired) electrons. The zero-order valence-electron chi connectivity index (χ0n) is 13.7. The molecule has 2 aliphatic rings. The van der Waals surface area contributed by atoms with Crippen LogP contribution in [0.15, 0.2) is 29.0 Å². The van der Waals surface area contributed by atoms with Crippen molar-refractivity contribution in [2.24, 2.45) is 5.73 Å². The van der Waals surface area contributed by atoms with Gasteiger partial charge in [-0.2, -0.15) is 4.98 Å². The van der Waals surface area contributed by atoms with E-state index in [-0.39, 0.29) is 18.5 Å². The number of hydrogen-bond donors (Lipinski definition) is 1. The van der Waals surface area contributed by atoms with Crippen molar-refractivity contribution in [3.63, 3.8) is 0 Å². The quantitative estimate of drug-likeness (QED) is 0.742. The van der Waals surface area contributed by atoms with E-state index < -0.39 is 0 Å². The van der Waals surface area contributed by atoms with Gasteiger partial charge in [-0.1, -0.05) is 22.8 Å². The van der Waals surface area contributed by atoms with Crippen molar-refractivity contribution in [2.45, 2.75) is 25.4 Å². The Morgan fingerprint density at radius 1 is 1.38 bits per heavy atom. The molecule has 9 heteroatoms. The molecule has 4 heterocycles. The smallest absolute Gasteiger partial charge is 0.278 e. The van der Waals surface area contributed by atoms with Crippen LogP contribution in [-0.4, -0.2) is 37.0 Å². The Labute approximate surface area is 153 Å². The molecule has 0 bridgehead atoms. The molecule has 1 aromatic carbocycles. The van der Waals surface area contributed by atoms with E-state index in [0.717, 1.165) is 18.5 Å². The van der Waals surface area contributed by atoms with Crippen LogP contribution >= 0.6 is 11.6 Å². The first kappa shape index (κ1) is 15.5. The van der Waals surface area contributed by atoms with Gasteiger partial charge in [0.15, 0.2) is 11.5 Å². The molecule has 2 aromatic heterocycles. The summed E-state index contributed by atoms with van der Waals surface area (Å²) in [6, 6.07) is 5.32. The number of fused-ring (bicyclic) bond motifs is 5. The van der Waals surface area contributed by atoms with Crippen LogP contribution in [0.2, 0.25) is 5.02 Å². The van der Waals surface area contributed by atoms with Gasteiger partial charge in [0.1, 0.15) is 6.33 Å². The number of amides is 1. The third-order valence-electron chi connectivity index (χ3n) is 4.95. The van der Waals surface area contributed by atoms with Gasteiger partial charge in [-0.25, -0.2) is 4.98 Å². The maximum atomic E-state index is 13.1. The fourth-order valence-corrected chi connectivity index (χ4v) is 4.08. The van der Waals surface area contributed by atoms with Gasteiger partial charge < -0.3 is 15.2 Å². The third-order valence-corrected chi connectivity index (χ3v) is 5.27. The largest absolute Gasteiger partial charge is 0.332 e. The highest BCUT2D eigenvalue weighted by atomic mass is 35.5. The summed E-state index contributed by atoms with van der Waals surface area (Å²) in [5, 5.41) is 4.29. The Morgan fingerprint density at radius 2 is 2.27 bits per heavy atom. The number of carbonyl (C=O) groups excluding carboxylic acids is 1. The Hall–Kier alpha value is -2.71. The minimum absolute atomic E-state index is 0.0593. The normalized spacial score (nSPS) is 18.5. The number of benzene rings is 1. The Morgan fingerprint density at radius 3 is 3.08 bits per heavy atom. The van der Waals surface area contributed by atoms with E-state index in [0.29, 0.717) is 40.2 Å². The van der Waals surface area contributed by atoms with Crippen LogP contribution in [0, 0.1) is 0 Å². The monoisotopic (exact) mass is 370 g/mol. The molecule has 1 saturated heterocycles. The van der Waals surface area contributed by atoms with Gasteiger partial charge in [-0.15, -0.1) is 0 Å². The Kier molecular flexibility index (Phi) is 3.38. The number of nitrogens with two attached hydrogens (primary N) is 1. The van der Waals surface area contributed by atoms with Crippen molar-refractivity contribution in [1.82, 2.24) is 24.6 Å². The molecule has 1 atom stereocenters. The molecule has 5 rings (SSSR count). The molecule has 2 N–H and O–H groups in total. The standard InChI is InChI=1S/C17H15ClN6O2/c18-9-3-1-4-10-13(9)17(25)23-6-2-5-11(23)15-14(20-8-24(10)15)16-21-12(7-19)22-26-16/h1,3-4,8,11H,2,5-7,19H2/t11-/m0/s1. The lowest BCUT2D eigenvalue weighted by molar-refractivity contribution is 0.0739. The Bertz CT molecular complexity index is 1030. The van der Waals surface area contributed by atoms with Crippen molar-refractivity contribution >= 4 is 17.5 Å². The predicted octanol–water partition coefficient (Wildman–Crippen LogP) is 2.33. The highest BCUT2D eigenvalue weighted by Crippen LogP contribution is 2.43. The summed E-state index contributed by atoms with van der Waals surface area (Å²) < 4.78 is 7.26. The number of carbonyl (C=O) groups is 1. The molecular weight excluding hydrogens is 356 g/mol. The van der Waals surface area contributed by atoms with E-state index in [1.54, 1.807) is 12.4 Å². The van der Waals surface area contributed by atoms with Gasteiger partial charge in [0.2, 0.25) is 0 Å². The van der Waals surface area contributed by atoms with Gasteiger partial charge in [0.25, 0.3) is 11.8 Å². The molecule has 26 heavy (non-hydrogen) atoms. The lowest BCUT2D eigenvalue weighted by Crippen LogP contribution is -2.29. The minimum Gasteiger partial charge on any atom is -0.332 e. The van der Waals surface area contributed by atoms with E-state index in [9.17, 15) is 4.79 Å². The van der Waals surface area contributed by atoms with Crippen molar-refractivity contribution in [1.29, 1.82) is 0 Å². The van der Waals surface area contributed by atoms with Gasteiger partial charge in [-0.05, 0) is 25.0 Å². The van der Waals surface area contributed by atoms with Crippen molar-refractivity contribution in [3.05, 3.63) is 46.6 Å². The van der Waals surface area contributed by atoms with Crippen LogP contribution in [0.1, 0.15) is 40.8 Å². The summed E-state index contributed by atoms with van der Waals surface area (Å²) in [6.07, 6.45) is 3.44. The molecular formula is C17H15ClN6O2. The van der Waals surface area contributed by atoms with Gasteiger partial charge in [0.05, 0.1) is 34.6 Å². The molecule has 0 spiro atoms. The predicted molar refractivity (Wildman–Crippen MR) is 92.8 cm³/mol. The first-order chi connectivity index (χ1) is 12.7. The van der Waals surface area contributed by atoms with E-state index >= 15 is 0 Å². The lowest BCUT2D eigenvalue weighted by atomic mass is 10.1.